The van der Waals surface area contributed by atoms with E-state index in [1.54, 1.807) is 18.5 Å². The molecule has 1 fully saturated rings. The number of amides is 1. The molecule has 1 aliphatic rings. The van der Waals surface area contributed by atoms with Crippen LogP contribution < -0.4 is 15.8 Å². The molecule has 0 radical (unpaired) electrons. The number of nitrogens with one attached hydrogen (secondary N) is 2. The van der Waals surface area contributed by atoms with E-state index >= 15 is 0 Å². The summed E-state index contributed by atoms with van der Waals surface area (Å²) in [4.78, 5) is 16.0. The van der Waals surface area contributed by atoms with Crippen LogP contribution in [-0.4, -0.2) is 42.5 Å². The fourth-order valence-corrected chi connectivity index (χ4v) is 3.89. The predicted molar refractivity (Wildman–Crippen MR) is 93.4 cm³/mol. The quantitative estimate of drug-likeness (QED) is 0.625. The number of aromatic nitrogens is 2. The average molecular weight is 380 g/mol. The molecule has 0 atom stereocenters. The van der Waals surface area contributed by atoms with E-state index in [0.29, 0.717) is 12.4 Å². The first kappa shape index (κ1) is 20.9. The Bertz CT molecular complexity index is 648. The molecule has 0 saturated heterocycles. The van der Waals surface area contributed by atoms with Crippen molar-refractivity contribution < 1.29 is 13.2 Å². The Morgan fingerprint density at radius 2 is 2.04 bits per heavy atom. The van der Waals surface area contributed by atoms with Crippen molar-refractivity contribution in [2.75, 3.05) is 13.1 Å². The number of sulfonamides is 1. The highest BCUT2D eigenvalue weighted by atomic mass is 35.5. The van der Waals surface area contributed by atoms with Crippen LogP contribution in [0.5, 0.6) is 0 Å². The molecule has 24 heavy (non-hydrogen) atoms. The Morgan fingerprint density at radius 1 is 1.42 bits per heavy atom. The van der Waals surface area contributed by atoms with Gasteiger partial charge in [0.25, 0.3) is 10.0 Å². The number of aryl methyl sites for hydroxylation is 2. The van der Waals surface area contributed by atoms with Crippen LogP contribution in [-0.2, 0) is 21.9 Å². The lowest BCUT2D eigenvalue weighted by atomic mass is 9.97. The van der Waals surface area contributed by atoms with E-state index in [0.717, 1.165) is 25.7 Å². The number of hydrogen-bond donors (Lipinski definition) is 3. The van der Waals surface area contributed by atoms with Crippen LogP contribution in [0.3, 0.4) is 0 Å². The van der Waals surface area contributed by atoms with Crippen molar-refractivity contribution >= 4 is 28.3 Å². The number of nitrogens with two attached hydrogens (primary N) is 1. The summed E-state index contributed by atoms with van der Waals surface area (Å²) in [6.07, 6.45) is 5.40. The molecule has 1 aromatic rings. The van der Waals surface area contributed by atoms with Crippen LogP contribution in [0.4, 0.5) is 0 Å². The van der Waals surface area contributed by atoms with E-state index in [9.17, 15) is 13.2 Å². The zero-order chi connectivity index (χ0) is 17.1. The molecular weight excluding hydrogens is 354 g/mol. The summed E-state index contributed by atoms with van der Waals surface area (Å²) in [6.45, 7) is 2.17. The number of carbonyl (C=O) groups excluding carboxylic acids is 1. The van der Waals surface area contributed by atoms with Crippen molar-refractivity contribution in [3.63, 3.8) is 0 Å². The highest BCUT2D eigenvalue weighted by Crippen LogP contribution is 2.28. The van der Waals surface area contributed by atoms with Gasteiger partial charge in [-0.3, -0.25) is 4.79 Å². The molecule has 0 bridgehead atoms. The van der Waals surface area contributed by atoms with Crippen molar-refractivity contribution in [2.45, 2.75) is 49.6 Å². The normalized spacial score (nSPS) is 16.6. The maximum Gasteiger partial charge on any atom is 0.259 e. The molecule has 1 aromatic heterocycles. The molecule has 1 saturated carbocycles. The van der Waals surface area contributed by atoms with Crippen molar-refractivity contribution in [3.8, 4) is 0 Å². The fourth-order valence-electron chi connectivity index (χ4n) is 2.82. The fraction of sp³-hybridized carbons (Fsp3) is 0.714. The van der Waals surface area contributed by atoms with E-state index < -0.39 is 10.0 Å². The molecule has 138 valence electrons. The first-order chi connectivity index (χ1) is 10.8. The third kappa shape index (κ3) is 4.92. The van der Waals surface area contributed by atoms with E-state index in [1.165, 1.54) is 6.20 Å². The van der Waals surface area contributed by atoms with Gasteiger partial charge >= 0.3 is 0 Å². The zero-order valence-electron chi connectivity index (χ0n) is 14.0. The molecule has 1 aliphatic carbocycles. The molecule has 0 unspecified atom stereocenters. The topological polar surface area (TPSA) is 119 Å². The minimum absolute atomic E-state index is 0. The lowest BCUT2D eigenvalue weighted by Crippen LogP contribution is -2.52. The average Bonchev–Trinajstić information content (AvgIpc) is 3.07. The molecule has 1 amide bonds. The summed E-state index contributed by atoms with van der Waals surface area (Å²) in [7, 11) is -1.97. The zero-order valence-corrected chi connectivity index (χ0v) is 15.7. The highest BCUT2D eigenvalue weighted by molar-refractivity contribution is 7.89. The van der Waals surface area contributed by atoms with Crippen LogP contribution in [0.1, 0.15) is 37.9 Å². The SMILES string of the molecule is Cc1nc(S(=O)(=O)NCCC(=O)NC2(CN)CCCC2)cn1C.Cl. The largest absolute Gasteiger partial charge is 0.349 e. The number of nitrogens with zero attached hydrogens (tertiary/aromatic N) is 2. The van der Waals surface area contributed by atoms with Gasteiger partial charge in [0.05, 0.1) is 5.54 Å². The maximum absolute atomic E-state index is 12.1. The van der Waals surface area contributed by atoms with Gasteiger partial charge in [0.1, 0.15) is 5.82 Å². The number of rotatable bonds is 7. The second-order valence-electron chi connectivity index (χ2n) is 6.12. The van der Waals surface area contributed by atoms with Gasteiger partial charge in [-0.15, -0.1) is 12.4 Å². The molecule has 4 N–H and O–H groups in total. The second-order valence-corrected chi connectivity index (χ2v) is 7.84. The summed E-state index contributed by atoms with van der Waals surface area (Å²) in [6, 6.07) is 0. The van der Waals surface area contributed by atoms with Crippen molar-refractivity contribution in [3.05, 3.63) is 12.0 Å². The van der Waals surface area contributed by atoms with Gasteiger partial charge in [-0.1, -0.05) is 12.8 Å². The molecule has 8 nitrogen and oxygen atoms in total. The van der Waals surface area contributed by atoms with Crippen molar-refractivity contribution in [1.29, 1.82) is 0 Å². The minimum atomic E-state index is -3.69. The van der Waals surface area contributed by atoms with Gasteiger partial charge in [0.15, 0.2) is 5.03 Å². The summed E-state index contributed by atoms with van der Waals surface area (Å²) in [5, 5.41) is 2.93. The molecule has 0 spiro atoms. The Kier molecular flexibility index (Phi) is 7.21. The van der Waals surface area contributed by atoms with E-state index in [1.807, 2.05) is 0 Å². The van der Waals surface area contributed by atoms with Crippen LogP contribution in [0.15, 0.2) is 11.2 Å². The third-order valence-corrected chi connectivity index (χ3v) is 5.69. The second kappa shape index (κ2) is 8.28. The number of carbonyl (C=O) groups is 1. The molecule has 1 heterocycles. The summed E-state index contributed by atoms with van der Waals surface area (Å²) in [5.74, 6) is 0.423. The smallest absolute Gasteiger partial charge is 0.259 e. The molecular formula is C14H26ClN5O3S. The van der Waals surface area contributed by atoms with Crippen LogP contribution in [0.25, 0.3) is 0 Å². The van der Waals surface area contributed by atoms with Gasteiger partial charge in [0.2, 0.25) is 5.91 Å². The van der Waals surface area contributed by atoms with Crippen LogP contribution >= 0.6 is 12.4 Å². The third-order valence-electron chi connectivity index (χ3n) is 4.36. The maximum atomic E-state index is 12.1. The van der Waals surface area contributed by atoms with Crippen molar-refractivity contribution in [1.82, 2.24) is 19.6 Å². The minimum Gasteiger partial charge on any atom is -0.349 e. The molecule has 2 rings (SSSR count). The first-order valence-electron chi connectivity index (χ1n) is 7.79. The van der Waals surface area contributed by atoms with E-state index in [2.05, 4.69) is 15.0 Å². The monoisotopic (exact) mass is 379 g/mol. The first-order valence-corrected chi connectivity index (χ1v) is 9.27. The van der Waals surface area contributed by atoms with Crippen LogP contribution in [0.2, 0.25) is 0 Å². The van der Waals surface area contributed by atoms with E-state index in [-0.39, 0.29) is 41.8 Å². The summed E-state index contributed by atoms with van der Waals surface area (Å²) >= 11 is 0. The lowest BCUT2D eigenvalue weighted by Gasteiger charge is -2.28. The van der Waals surface area contributed by atoms with Gasteiger partial charge in [-0.2, -0.15) is 0 Å². The van der Waals surface area contributed by atoms with Gasteiger partial charge in [0, 0.05) is 32.8 Å². The highest BCUT2D eigenvalue weighted by Gasteiger charge is 2.33. The van der Waals surface area contributed by atoms with Gasteiger partial charge in [-0.25, -0.2) is 18.1 Å². The summed E-state index contributed by atoms with van der Waals surface area (Å²) < 4.78 is 28.2. The molecule has 10 heteroatoms. The van der Waals surface area contributed by atoms with Gasteiger partial charge in [-0.05, 0) is 19.8 Å². The van der Waals surface area contributed by atoms with E-state index in [4.69, 9.17) is 5.73 Å². The van der Waals surface area contributed by atoms with Gasteiger partial charge < -0.3 is 15.6 Å². The lowest BCUT2D eigenvalue weighted by molar-refractivity contribution is -0.122. The van der Waals surface area contributed by atoms with Crippen molar-refractivity contribution in [2.24, 2.45) is 12.8 Å². The Balaban J connectivity index is 0.00000288. The molecule has 0 aromatic carbocycles. The number of imidazole rings is 1. The number of hydrogen-bond acceptors (Lipinski definition) is 5. The Labute approximate surface area is 149 Å². The predicted octanol–water partition coefficient (Wildman–Crippen LogP) is 0.206. The molecule has 0 aliphatic heterocycles. The number of halogens is 1. The summed E-state index contributed by atoms with van der Waals surface area (Å²) in [5.41, 5.74) is 5.46. The Morgan fingerprint density at radius 3 is 2.54 bits per heavy atom. The van der Waals surface area contributed by atoms with Crippen LogP contribution in [0, 0.1) is 6.92 Å². The Hall–Kier alpha value is -1.16. The standard InChI is InChI=1S/C14H25N5O3S.ClH/c1-11-17-13(9-19(11)2)23(21,22)16-8-5-12(20)18-14(10-15)6-3-4-7-14;/h9,16H,3-8,10,15H2,1-2H3,(H,18,20);1H.